The summed E-state index contributed by atoms with van der Waals surface area (Å²) in [6.45, 7) is 2.33. The van der Waals surface area contributed by atoms with Crippen LogP contribution in [0.2, 0.25) is 5.02 Å². The molecule has 0 aromatic heterocycles. The van der Waals surface area contributed by atoms with Gasteiger partial charge in [0, 0.05) is 22.3 Å². The van der Waals surface area contributed by atoms with Gasteiger partial charge < -0.3 is 5.32 Å². The molecular formula is C24H19ClF3N3O3. The zero-order valence-electron chi connectivity index (χ0n) is 17.9. The molecule has 2 aromatic rings. The lowest BCUT2D eigenvalue weighted by Crippen LogP contribution is -2.54. The van der Waals surface area contributed by atoms with Gasteiger partial charge in [0.15, 0.2) is 0 Å². The molecule has 0 saturated carbocycles. The highest BCUT2D eigenvalue weighted by Gasteiger charge is 2.74. The number of hydrogen-bond donors (Lipinski definition) is 1. The highest BCUT2D eigenvalue weighted by Crippen LogP contribution is 2.61. The third-order valence-corrected chi connectivity index (χ3v) is 7.91. The molecule has 4 aliphatic rings. The molecule has 0 bridgehead atoms. The molecule has 1 N–H and O–H groups in total. The fraction of sp³-hybridized carbons (Fsp3) is 0.375. The average Bonchev–Trinajstić information content (AvgIpc) is 3.47. The van der Waals surface area contributed by atoms with Gasteiger partial charge >= 0.3 is 6.18 Å². The number of aryl methyl sites for hydroxylation is 1. The lowest BCUT2D eigenvalue weighted by Gasteiger charge is -2.36. The molecule has 3 fully saturated rings. The van der Waals surface area contributed by atoms with Crippen molar-refractivity contribution in [2.45, 2.75) is 37.5 Å². The van der Waals surface area contributed by atoms with Crippen LogP contribution in [0, 0.1) is 18.8 Å². The van der Waals surface area contributed by atoms with Crippen molar-refractivity contribution in [1.82, 2.24) is 4.90 Å². The SMILES string of the molecule is Cc1cc(Cl)cc2c1NC(=O)[C@@]21[C@@H]2C(=O)N(c3cccc(C(F)(F)F)c3)C(=O)[C@H]2[C@@H]2CCCN21. The van der Waals surface area contributed by atoms with Crippen molar-refractivity contribution in [2.75, 3.05) is 16.8 Å². The van der Waals surface area contributed by atoms with Crippen molar-refractivity contribution in [3.05, 3.63) is 58.1 Å². The van der Waals surface area contributed by atoms with E-state index in [0.717, 1.165) is 29.0 Å². The predicted molar refractivity (Wildman–Crippen MR) is 117 cm³/mol. The monoisotopic (exact) mass is 489 g/mol. The van der Waals surface area contributed by atoms with E-state index in [4.69, 9.17) is 11.6 Å². The van der Waals surface area contributed by atoms with Crippen molar-refractivity contribution in [1.29, 1.82) is 0 Å². The molecule has 6 rings (SSSR count). The van der Waals surface area contributed by atoms with Gasteiger partial charge in [-0.2, -0.15) is 13.2 Å². The predicted octanol–water partition coefficient (Wildman–Crippen LogP) is 4.10. The zero-order chi connectivity index (χ0) is 24.2. The summed E-state index contributed by atoms with van der Waals surface area (Å²) >= 11 is 6.35. The Bertz CT molecular complexity index is 1300. The highest BCUT2D eigenvalue weighted by molar-refractivity contribution is 6.31. The van der Waals surface area contributed by atoms with E-state index in [2.05, 4.69) is 5.32 Å². The first-order valence-corrected chi connectivity index (χ1v) is 11.4. The summed E-state index contributed by atoms with van der Waals surface area (Å²) < 4.78 is 40.0. The Morgan fingerprint density at radius 2 is 1.88 bits per heavy atom. The van der Waals surface area contributed by atoms with Gasteiger partial charge in [-0.25, -0.2) is 4.90 Å². The normalized spacial score (nSPS) is 30.2. The summed E-state index contributed by atoms with van der Waals surface area (Å²) in [6, 6.07) is 7.18. The number of nitrogens with zero attached hydrogens (tertiary/aromatic N) is 2. The van der Waals surface area contributed by atoms with E-state index in [1.54, 1.807) is 19.1 Å². The summed E-state index contributed by atoms with van der Waals surface area (Å²) in [4.78, 5) is 43.9. The highest BCUT2D eigenvalue weighted by atomic mass is 35.5. The Morgan fingerprint density at radius 3 is 2.62 bits per heavy atom. The van der Waals surface area contributed by atoms with E-state index < -0.39 is 46.8 Å². The fourth-order valence-corrected chi connectivity index (χ4v) is 6.78. The lowest BCUT2D eigenvalue weighted by molar-refractivity contribution is -0.137. The number of imide groups is 1. The van der Waals surface area contributed by atoms with E-state index in [1.165, 1.54) is 12.1 Å². The average molecular weight is 490 g/mol. The largest absolute Gasteiger partial charge is 0.416 e. The van der Waals surface area contributed by atoms with Crippen LogP contribution in [0.1, 0.15) is 29.5 Å². The molecule has 4 atom stereocenters. The molecule has 0 unspecified atom stereocenters. The quantitative estimate of drug-likeness (QED) is 0.612. The van der Waals surface area contributed by atoms with E-state index >= 15 is 0 Å². The number of hydrogen-bond acceptors (Lipinski definition) is 4. The van der Waals surface area contributed by atoms with E-state index in [0.29, 0.717) is 29.2 Å². The van der Waals surface area contributed by atoms with Crippen LogP contribution in [0.5, 0.6) is 0 Å². The van der Waals surface area contributed by atoms with Crippen molar-refractivity contribution in [2.24, 2.45) is 11.8 Å². The van der Waals surface area contributed by atoms with Crippen molar-refractivity contribution in [3.63, 3.8) is 0 Å². The third-order valence-electron chi connectivity index (χ3n) is 7.70. The number of halogens is 4. The molecule has 176 valence electrons. The smallest absolute Gasteiger partial charge is 0.324 e. The molecule has 6 nitrogen and oxygen atoms in total. The van der Waals surface area contributed by atoms with Crippen LogP contribution in [-0.2, 0) is 26.1 Å². The first kappa shape index (κ1) is 21.6. The lowest BCUT2D eigenvalue weighted by atomic mass is 9.75. The molecular weight excluding hydrogens is 471 g/mol. The summed E-state index contributed by atoms with van der Waals surface area (Å²) in [7, 11) is 0. The van der Waals surface area contributed by atoms with Crippen molar-refractivity contribution >= 4 is 40.7 Å². The Morgan fingerprint density at radius 1 is 1.12 bits per heavy atom. The summed E-state index contributed by atoms with van der Waals surface area (Å²) in [6.07, 6.45) is -3.27. The number of nitrogens with one attached hydrogen (secondary N) is 1. The van der Waals surface area contributed by atoms with Crippen LogP contribution < -0.4 is 10.2 Å². The molecule has 10 heteroatoms. The van der Waals surface area contributed by atoms with E-state index in [1.807, 2.05) is 4.90 Å². The fourth-order valence-electron chi connectivity index (χ4n) is 6.51. The second-order valence-corrected chi connectivity index (χ2v) is 9.77. The standard InChI is InChI=1S/C24H19ClF3N3O3/c1-11-8-13(25)10-15-19(11)29-22(34)23(15)18-17(16-6-3-7-30(16)23)20(32)31(21(18)33)14-5-2-4-12(9-14)24(26,27)28/h2,4-5,8-10,16-18H,3,6-7H2,1H3,(H,29,34)/t16-,17-,18-,23-/m0/s1. The van der Waals surface area contributed by atoms with Gasteiger partial charge in [0.2, 0.25) is 17.7 Å². The summed E-state index contributed by atoms with van der Waals surface area (Å²) in [5.41, 5.74) is -0.670. The second-order valence-electron chi connectivity index (χ2n) is 9.33. The minimum absolute atomic E-state index is 0.139. The number of carbonyl (C=O) groups is 3. The number of fused-ring (bicyclic) bond motifs is 7. The Labute approximate surface area is 197 Å². The van der Waals surface area contributed by atoms with Crippen LogP contribution >= 0.6 is 11.6 Å². The molecule has 0 aliphatic carbocycles. The topological polar surface area (TPSA) is 69.7 Å². The zero-order valence-corrected chi connectivity index (χ0v) is 18.7. The number of benzene rings is 2. The second kappa shape index (κ2) is 6.82. The van der Waals surface area contributed by atoms with E-state index in [-0.39, 0.29) is 11.7 Å². The summed E-state index contributed by atoms with van der Waals surface area (Å²) in [5, 5.41) is 3.30. The maximum atomic E-state index is 13.9. The maximum Gasteiger partial charge on any atom is 0.416 e. The van der Waals surface area contributed by atoms with Gasteiger partial charge in [-0.1, -0.05) is 17.7 Å². The molecule has 2 aromatic carbocycles. The van der Waals surface area contributed by atoms with Crippen molar-refractivity contribution < 1.29 is 27.6 Å². The molecule has 34 heavy (non-hydrogen) atoms. The first-order valence-electron chi connectivity index (χ1n) is 11.0. The molecule has 3 amide bonds. The van der Waals surface area contributed by atoms with Crippen LogP contribution in [-0.4, -0.2) is 35.2 Å². The number of amides is 3. The van der Waals surface area contributed by atoms with Gasteiger partial charge in [-0.05, 0) is 62.2 Å². The van der Waals surface area contributed by atoms with E-state index in [9.17, 15) is 27.6 Å². The Hall–Kier alpha value is -2.91. The van der Waals surface area contributed by atoms with Crippen LogP contribution in [0.4, 0.5) is 24.5 Å². The molecule has 4 heterocycles. The van der Waals surface area contributed by atoms with Crippen LogP contribution in [0.3, 0.4) is 0 Å². The number of rotatable bonds is 1. The molecule has 4 aliphatic heterocycles. The van der Waals surface area contributed by atoms with Crippen molar-refractivity contribution in [3.8, 4) is 0 Å². The molecule has 3 saturated heterocycles. The Balaban J connectivity index is 1.54. The molecule has 1 spiro atoms. The van der Waals surface area contributed by atoms with Gasteiger partial charge in [-0.15, -0.1) is 0 Å². The van der Waals surface area contributed by atoms with Crippen LogP contribution in [0.25, 0.3) is 0 Å². The van der Waals surface area contributed by atoms with Gasteiger partial charge in [-0.3, -0.25) is 19.3 Å². The van der Waals surface area contributed by atoms with Gasteiger partial charge in [0.05, 0.1) is 23.1 Å². The number of carbonyl (C=O) groups excluding carboxylic acids is 3. The Kier molecular flexibility index (Phi) is 4.34. The number of anilines is 2. The van der Waals surface area contributed by atoms with Gasteiger partial charge in [0.1, 0.15) is 5.54 Å². The number of alkyl halides is 3. The first-order chi connectivity index (χ1) is 16.1. The minimum Gasteiger partial charge on any atom is -0.324 e. The summed E-state index contributed by atoms with van der Waals surface area (Å²) in [5.74, 6) is -3.52. The minimum atomic E-state index is -4.63. The van der Waals surface area contributed by atoms with Crippen LogP contribution in [0.15, 0.2) is 36.4 Å². The maximum absolute atomic E-state index is 13.9. The van der Waals surface area contributed by atoms with Gasteiger partial charge in [0.25, 0.3) is 0 Å². The third kappa shape index (κ3) is 2.54. The molecule has 0 radical (unpaired) electrons.